The number of H-pyrrole nitrogens is 1. The highest BCUT2D eigenvalue weighted by Gasteiger charge is 2.04. The third-order valence-electron chi connectivity index (χ3n) is 3.56. The van der Waals surface area contributed by atoms with Crippen LogP contribution in [0.5, 0.6) is 5.75 Å². The molecule has 1 N–H and O–H groups in total. The van der Waals surface area contributed by atoms with Gasteiger partial charge in [-0.15, -0.1) is 0 Å². The Bertz CT molecular complexity index is 943. The summed E-state index contributed by atoms with van der Waals surface area (Å²) in [6, 6.07) is 13.7. The molecule has 0 aliphatic rings. The van der Waals surface area contributed by atoms with Crippen LogP contribution in [-0.4, -0.2) is 15.0 Å². The number of nitrogens with one attached hydrogen (secondary N) is 1. The molecule has 1 heterocycles. The zero-order valence-corrected chi connectivity index (χ0v) is 14.9. The normalized spacial score (nSPS) is 10.3. The molecule has 0 aliphatic heterocycles. The van der Waals surface area contributed by atoms with Crippen molar-refractivity contribution in [2.45, 2.75) is 13.5 Å². The fourth-order valence-corrected chi connectivity index (χ4v) is 2.59. The first-order valence-corrected chi connectivity index (χ1v) is 8.37. The molecule has 6 heteroatoms. The van der Waals surface area contributed by atoms with Gasteiger partial charge in [-0.3, -0.25) is 4.98 Å². The van der Waals surface area contributed by atoms with E-state index in [-0.39, 0.29) is 5.82 Å². The lowest BCUT2D eigenvalue weighted by atomic mass is 10.1. The van der Waals surface area contributed by atoms with Gasteiger partial charge in [0.25, 0.3) is 0 Å². The minimum Gasteiger partial charge on any atom is -0.487 e. The molecular formula is C20H17ClFN3O. The van der Waals surface area contributed by atoms with Crippen molar-refractivity contribution in [3.05, 3.63) is 89.5 Å². The second kappa shape index (κ2) is 8.45. The molecule has 0 bridgehead atoms. The van der Waals surface area contributed by atoms with Crippen molar-refractivity contribution in [3.8, 4) is 16.9 Å². The highest BCUT2D eigenvalue weighted by Crippen LogP contribution is 2.26. The first-order chi connectivity index (χ1) is 12.6. The number of halogens is 2. The van der Waals surface area contributed by atoms with Gasteiger partial charge in [-0.25, -0.2) is 9.37 Å². The van der Waals surface area contributed by atoms with Crippen molar-refractivity contribution in [1.82, 2.24) is 15.0 Å². The molecule has 0 saturated heterocycles. The minimum atomic E-state index is -0.388. The van der Waals surface area contributed by atoms with Crippen molar-refractivity contribution in [2.24, 2.45) is 0 Å². The molecule has 132 valence electrons. The Morgan fingerprint density at radius 1 is 1.08 bits per heavy atom. The predicted octanol–water partition coefficient (Wildman–Crippen LogP) is 5.28. The zero-order chi connectivity index (χ0) is 18.4. The molecule has 0 atom stereocenters. The molecule has 3 aromatic rings. The molecule has 3 rings (SSSR count). The highest BCUT2D eigenvalue weighted by molar-refractivity contribution is 6.33. The standard InChI is InChI=1S/C20H17ClFN3O/c1-14-24-11-15(19-8-7-16(22)9-20(19)21)10-23-12-17(25-14)13-26-18-5-3-2-4-6-18/h2-12H,13H2,1H3,(H,24,25). The van der Waals surface area contributed by atoms with Gasteiger partial charge < -0.3 is 9.72 Å². The van der Waals surface area contributed by atoms with Crippen LogP contribution in [0.3, 0.4) is 0 Å². The predicted molar refractivity (Wildman–Crippen MR) is 99.9 cm³/mol. The lowest BCUT2D eigenvalue weighted by molar-refractivity contribution is 0.300. The maximum absolute atomic E-state index is 13.3. The summed E-state index contributed by atoms with van der Waals surface area (Å²) in [6.07, 6.45) is 4.93. The van der Waals surface area contributed by atoms with Crippen molar-refractivity contribution in [1.29, 1.82) is 0 Å². The molecule has 2 aromatic carbocycles. The summed E-state index contributed by atoms with van der Waals surface area (Å²) in [5, 5.41) is 0.305. The molecule has 0 aliphatic carbocycles. The Morgan fingerprint density at radius 3 is 2.65 bits per heavy atom. The molecule has 4 nitrogen and oxygen atoms in total. The van der Waals surface area contributed by atoms with E-state index in [1.807, 2.05) is 37.3 Å². The molecular weight excluding hydrogens is 353 g/mol. The number of ether oxygens (including phenoxy) is 1. The SMILES string of the molecule is Cc1ncc(-c2ccc(F)cc2Cl)cncc(COc2ccccc2)[nH]1. The number of nitrogens with zero attached hydrogens (tertiary/aromatic N) is 2. The molecule has 0 unspecified atom stereocenters. The number of benzene rings is 2. The lowest BCUT2D eigenvalue weighted by Gasteiger charge is -2.04. The van der Waals surface area contributed by atoms with E-state index in [1.165, 1.54) is 12.1 Å². The van der Waals surface area contributed by atoms with E-state index in [1.54, 1.807) is 24.7 Å². The van der Waals surface area contributed by atoms with Crippen LogP contribution < -0.4 is 4.74 Å². The second-order valence-corrected chi connectivity index (χ2v) is 5.99. The average molecular weight is 370 g/mol. The van der Waals surface area contributed by atoms with E-state index in [2.05, 4.69) is 15.0 Å². The first-order valence-electron chi connectivity index (χ1n) is 7.99. The quantitative estimate of drug-likeness (QED) is 0.681. The Balaban J connectivity index is 1.90. The van der Waals surface area contributed by atoms with Gasteiger partial charge in [0.1, 0.15) is 24.0 Å². The molecule has 0 spiro atoms. The van der Waals surface area contributed by atoms with Gasteiger partial charge in [-0.1, -0.05) is 29.8 Å². The third kappa shape index (κ3) is 4.80. The number of hydrogen-bond acceptors (Lipinski definition) is 3. The Labute approximate surface area is 156 Å². The molecule has 0 saturated carbocycles. The fraction of sp³-hybridized carbons (Fsp3) is 0.100. The Morgan fingerprint density at radius 2 is 1.88 bits per heavy atom. The minimum absolute atomic E-state index is 0.305. The molecule has 0 radical (unpaired) electrons. The van der Waals surface area contributed by atoms with Crippen LogP contribution in [-0.2, 0) is 6.61 Å². The zero-order valence-electron chi connectivity index (χ0n) is 14.1. The molecule has 0 amide bonds. The van der Waals surface area contributed by atoms with E-state index >= 15 is 0 Å². The summed E-state index contributed by atoms with van der Waals surface area (Å²) in [5.74, 6) is 1.06. The number of aromatic nitrogens is 3. The summed E-state index contributed by atoms with van der Waals surface area (Å²) in [5.41, 5.74) is 2.09. The molecule has 0 fully saturated rings. The van der Waals surface area contributed by atoms with Crippen LogP contribution in [0, 0.1) is 12.7 Å². The van der Waals surface area contributed by atoms with E-state index in [0.29, 0.717) is 28.6 Å². The van der Waals surface area contributed by atoms with Gasteiger partial charge in [-0.2, -0.15) is 0 Å². The summed E-state index contributed by atoms with van der Waals surface area (Å²) in [7, 11) is 0. The van der Waals surface area contributed by atoms with Gasteiger partial charge >= 0.3 is 0 Å². The summed E-state index contributed by atoms with van der Waals surface area (Å²) >= 11 is 6.14. The summed E-state index contributed by atoms with van der Waals surface area (Å²) in [6.45, 7) is 2.16. The average Bonchev–Trinajstić information content (AvgIpc) is 2.72. The van der Waals surface area contributed by atoms with Crippen molar-refractivity contribution < 1.29 is 9.13 Å². The number of aryl methyl sites for hydroxylation is 1. The fourth-order valence-electron chi connectivity index (χ4n) is 2.32. The second-order valence-electron chi connectivity index (χ2n) is 5.58. The Kier molecular flexibility index (Phi) is 5.81. The van der Waals surface area contributed by atoms with Gasteiger partial charge in [0.2, 0.25) is 0 Å². The van der Waals surface area contributed by atoms with Crippen molar-refractivity contribution >= 4 is 11.6 Å². The maximum Gasteiger partial charge on any atom is 0.130 e. The van der Waals surface area contributed by atoms with Crippen molar-refractivity contribution in [3.63, 3.8) is 0 Å². The monoisotopic (exact) mass is 369 g/mol. The third-order valence-corrected chi connectivity index (χ3v) is 3.88. The summed E-state index contributed by atoms with van der Waals surface area (Å²) in [4.78, 5) is 11.9. The van der Waals surface area contributed by atoms with Gasteiger partial charge in [0, 0.05) is 29.7 Å². The largest absolute Gasteiger partial charge is 0.487 e. The topological polar surface area (TPSA) is 50.8 Å². The number of aromatic amines is 1. The van der Waals surface area contributed by atoms with E-state index in [4.69, 9.17) is 16.3 Å². The molecule has 1 aromatic heterocycles. The van der Waals surface area contributed by atoms with Gasteiger partial charge in [-0.05, 0) is 37.3 Å². The smallest absolute Gasteiger partial charge is 0.130 e. The van der Waals surface area contributed by atoms with Crippen LogP contribution in [0.15, 0.2) is 67.1 Å². The van der Waals surface area contributed by atoms with E-state index < -0.39 is 0 Å². The first kappa shape index (κ1) is 17.9. The van der Waals surface area contributed by atoms with Gasteiger partial charge in [0.15, 0.2) is 0 Å². The Hall–Kier alpha value is -2.92. The van der Waals surface area contributed by atoms with Crippen LogP contribution in [0.1, 0.15) is 11.5 Å². The van der Waals surface area contributed by atoms with Gasteiger partial charge in [0.05, 0.1) is 10.7 Å². The van der Waals surface area contributed by atoms with E-state index in [0.717, 1.165) is 11.4 Å². The van der Waals surface area contributed by atoms with Crippen LogP contribution in [0.4, 0.5) is 4.39 Å². The molecule has 26 heavy (non-hydrogen) atoms. The number of rotatable bonds is 4. The van der Waals surface area contributed by atoms with Crippen LogP contribution in [0.2, 0.25) is 5.02 Å². The van der Waals surface area contributed by atoms with Crippen LogP contribution >= 0.6 is 11.6 Å². The van der Waals surface area contributed by atoms with E-state index in [9.17, 15) is 4.39 Å². The highest BCUT2D eigenvalue weighted by atomic mass is 35.5. The van der Waals surface area contributed by atoms with Crippen LogP contribution in [0.25, 0.3) is 11.1 Å². The number of para-hydroxylation sites is 1. The lowest BCUT2D eigenvalue weighted by Crippen LogP contribution is -1.98. The summed E-state index contributed by atoms with van der Waals surface area (Å²) < 4.78 is 19.0. The number of hydrogen-bond donors (Lipinski definition) is 1. The maximum atomic E-state index is 13.3. The van der Waals surface area contributed by atoms with Crippen molar-refractivity contribution in [2.75, 3.05) is 0 Å².